The van der Waals surface area contributed by atoms with E-state index in [-0.39, 0.29) is 5.60 Å². The van der Waals surface area contributed by atoms with Gasteiger partial charge in [0.05, 0.1) is 12.2 Å². The third kappa shape index (κ3) is 4.42. The Kier molecular flexibility index (Phi) is 4.89. The van der Waals surface area contributed by atoms with Crippen LogP contribution in [0.25, 0.3) is 0 Å². The molecule has 0 spiro atoms. The van der Waals surface area contributed by atoms with Crippen molar-refractivity contribution >= 4 is 22.6 Å². The van der Waals surface area contributed by atoms with Crippen LogP contribution in [0.2, 0.25) is 0 Å². The summed E-state index contributed by atoms with van der Waals surface area (Å²) in [6.45, 7) is 5.06. The summed E-state index contributed by atoms with van der Waals surface area (Å²) in [5.74, 6) is 0. The molecule has 0 aliphatic rings. The SMILES string of the molecule is CC(C)(CI)OCCc1ccccc1. The van der Waals surface area contributed by atoms with Gasteiger partial charge in [-0.1, -0.05) is 52.9 Å². The fourth-order valence-corrected chi connectivity index (χ4v) is 1.35. The number of ether oxygens (including phenoxy) is 1. The number of benzene rings is 1. The van der Waals surface area contributed by atoms with Gasteiger partial charge in [-0.3, -0.25) is 0 Å². The van der Waals surface area contributed by atoms with Crippen LogP contribution in [0.4, 0.5) is 0 Å². The highest BCUT2D eigenvalue weighted by molar-refractivity contribution is 14.1. The largest absolute Gasteiger partial charge is 0.374 e. The molecular formula is C12H17IO. The van der Waals surface area contributed by atoms with Crippen LogP contribution in [0, 0.1) is 0 Å². The van der Waals surface area contributed by atoms with Crippen molar-refractivity contribution in [3.05, 3.63) is 35.9 Å². The van der Waals surface area contributed by atoms with Gasteiger partial charge in [-0.05, 0) is 25.8 Å². The van der Waals surface area contributed by atoms with Crippen molar-refractivity contribution in [2.45, 2.75) is 25.9 Å². The second-order valence-corrected chi connectivity index (χ2v) is 4.74. The number of hydrogen-bond acceptors (Lipinski definition) is 1. The standard InChI is InChI=1S/C12H17IO/c1-12(2,10-13)14-9-8-11-6-4-3-5-7-11/h3-7H,8-10H2,1-2H3. The lowest BCUT2D eigenvalue weighted by Crippen LogP contribution is -2.27. The van der Waals surface area contributed by atoms with Crippen molar-refractivity contribution in [2.24, 2.45) is 0 Å². The lowest BCUT2D eigenvalue weighted by atomic mass is 10.1. The molecule has 0 atom stereocenters. The zero-order chi connectivity index (χ0) is 10.4. The maximum atomic E-state index is 5.78. The van der Waals surface area contributed by atoms with E-state index in [0.717, 1.165) is 17.5 Å². The molecule has 0 saturated carbocycles. The first-order valence-corrected chi connectivity index (χ1v) is 6.40. The van der Waals surface area contributed by atoms with Gasteiger partial charge in [0.1, 0.15) is 0 Å². The molecule has 0 aromatic heterocycles. The minimum atomic E-state index is 0.00927. The van der Waals surface area contributed by atoms with Crippen LogP contribution in [0.3, 0.4) is 0 Å². The molecule has 0 fully saturated rings. The molecule has 1 aromatic carbocycles. The summed E-state index contributed by atoms with van der Waals surface area (Å²) in [6, 6.07) is 10.5. The molecular weight excluding hydrogens is 287 g/mol. The number of hydrogen-bond donors (Lipinski definition) is 0. The Bertz CT molecular complexity index is 256. The Hall–Kier alpha value is -0.0900. The van der Waals surface area contributed by atoms with E-state index in [1.165, 1.54) is 5.56 Å². The van der Waals surface area contributed by atoms with Crippen molar-refractivity contribution < 1.29 is 4.74 Å². The summed E-state index contributed by atoms with van der Waals surface area (Å²) in [7, 11) is 0. The molecule has 14 heavy (non-hydrogen) atoms. The maximum absolute atomic E-state index is 5.78. The first-order chi connectivity index (χ1) is 6.64. The van der Waals surface area contributed by atoms with Gasteiger partial charge in [0.25, 0.3) is 0 Å². The summed E-state index contributed by atoms with van der Waals surface area (Å²) >= 11 is 2.36. The molecule has 0 aliphatic carbocycles. The van der Waals surface area contributed by atoms with Crippen LogP contribution in [0.15, 0.2) is 30.3 Å². The first kappa shape index (κ1) is 12.0. The zero-order valence-electron chi connectivity index (χ0n) is 8.79. The van der Waals surface area contributed by atoms with Gasteiger partial charge in [0.2, 0.25) is 0 Å². The molecule has 78 valence electrons. The Morgan fingerprint density at radius 2 is 1.86 bits per heavy atom. The maximum Gasteiger partial charge on any atom is 0.0715 e. The Morgan fingerprint density at radius 3 is 2.43 bits per heavy atom. The molecule has 0 unspecified atom stereocenters. The lowest BCUT2D eigenvalue weighted by Gasteiger charge is -2.22. The fourth-order valence-electron chi connectivity index (χ4n) is 1.13. The van der Waals surface area contributed by atoms with E-state index >= 15 is 0 Å². The summed E-state index contributed by atoms with van der Waals surface area (Å²) in [5.41, 5.74) is 1.35. The Balaban J connectivity index is 2.29. The van der Waals surface area contributed by atoms with Gasteiger partial charge >= 0.3 is 0 Å². The minimum Gasteiger partial charge on any atom is -0.374 e. The third-order valence-electron chi connectivity index (χ3n) is 2.05. The molecule has 0 saturated heterocycles. The monoisotopic (exact) mass is 304 g/mol. The summed E-state index contributed by atoms with van der Waals surface area (Å²) < 4.78 is 6.80. The minimum absolute atomic E-state index is 0.00927. The number of alkyl halides is 1. The van der Waals surface area contributed by atoms with Gasteiger partial charge in [-0.25, -0.2) is 0 Å². The van der Waals surface area contributed by atoms with Crippen LogP contribution in [-0.4, -0.2) is 16.6 Å². The van der Waals surface area contributed by atoms with E-state index in [0.29, 0.717) is 0 Å². The van der Waals surface area contributed by atoms with Crippen LogP contribution < -0.4 is 0 Å². The molecule has 1 rings (SSSR count). The van der Waals surface area contributed by atoms with Crippen molar-refractivity contribution in [2.75, 3.05) is 11.0 Å². The summed E-state index contributed by atoms with van der Waals surface area (Å²) in [5, 5.41) is 0. The zero-order valence-corrected chi connectivity index (χ0v) is 11.0. The molecule has 0 amide bonds. The van der Waals surface area contributed by atoms with Crippen molar-refractivity contribution in [1.82, 2.24) is 0 Å². The first-order valence-electron chi connectivity index (χ1n) is 4.88. The highest BCUT2D eigenvalue weighted by Crippen LogP contribution is 2.13. The van der Waals surface area contributed by atoms with E-state index in [1.54, 1.807) is 0 Å². The van der Waals surface area contributed by atoms with Crippen molar-refractivity contribution in [3.63, 3.8) is 0 Å². The summed E-state index contributed by atoms with van der Waals surface area (Å²) in [4.78, 5) is 0. The van der Waals surface area contributed by atoms with Crippen molar-refractivity contribution in [3.8, 4) is 0 Å². The summed E-state index contributed by atoms with van der Waals surface area (Å²) in [6.07, 6.45) is 1.00. The molecule has 1 nitrogen and oxygen atoms in total. The van der Waals surface area contributed by atoms with Gasteiger partial charge < -0.3 is 4.74 Å². The molecule has 2 heteroatoms. The smallest absolute Gasteiger partial charge is 0.0715 e. The molecule has 0 N–H and O–H groups in total. The second kappa shape index (κ2) is 5.71. The van der Waals surface area contributed by atoms with E-state index in [1.807, 2.05) is 6.07 Å². The number of halogens is 1. The molecule has 0 heterocycles. The van der Waals surface area contributed by atoms with E-state index in [4.69, 9.17) is 4.74 Å². The molecule has 0 bridgehead atoms. The Morgan fingerprint density at radius 1 is 1.21 bits per heavy atom. The predicted octanol–water partition coefficient (Wildman–Crippen LogP) is 3.46. The van der Waals surface area contributed by atoms with Crippen molar-refractivity contribution in [1.29, 1.82) is 0 Å². The van der Waals surface area contributed by atoms with Gasteiger partial charge in [0.15, 0.2) is 0 Å². The van der Waals surface area contributed by atoms with Crippen LogP contribution >= 0.6 is 22.6 Å². The van der Waals surface area contributed by atoms with Gasteiger partial charge in [0, 0.05) is 4.43 Å². The second-order valence-electron chi connectivity index (χ2n) is 3.98. The molecule has 0 radical (unpaired) electrons. The average molecular weight is 304 g/mol. The lowest BCUT2D eigenvalue weighted by molar-refractivity contribution is 0.00502. The molecule has 0 aliphatic heterocycles. The van der Waals surface area contributed by atoms with Gasteiger partial charge in [-0.2, -0.15) is 0 Å². The number of rotatable bonds is 5. The van der Waals surface area contributed by atoms with Crippen LogP contribution in [-0.2, 0) is 11.2 Å². The Labute approximate surface area is 100.0 Å². The van der Waals surface area contributed by atoms with Crippen LogP contribution in [0.5, 0.6) is 0 Å². The van der Waals surface area contributed by atoms with Crippen LogP contribution in [0.1, 0.15) is 19.4 Å². The van der Waals surface area contributed by atoms with E-state index < -0.39 is 0 Å². The van der Waals surface area contributed by atoms with E-state index in [2.05, 4.69) is 60.7 Å². The normalized spacial score (nSPS) is 11.6. The highest BCUT2D eigenvalue weighted by Gasteiger charge is 2.15. The van der Waals surface area contributed by atoms with Gasteiger partial charge in [-0.15, -0.1) is 0 Å². The third-order valence-corrected chi connectivity index (χ3v) is 3.89. The fraction of sp³-hybridized carbons (Fsp3) is 0.500. The van der Waals surface area contributed by atoms with E-state index in [9.17, 15) is 0 Å². The predicted molar refractivity (Wildman–Crippen MR) is 69.1 cm³/mol. The average Bonchev–Trinajstić information content (AvgIpc) is 2.19. The quantitative estimate of drug-likeness (QED) is 0.598. The molecule has 1 aromatic rings. The topological polar surface area (TPSA) is 9.23 Å². The highest BCUT2D eigenvalue weighted by atomic mass is 127.